The van der Waals surface area contributed by atoms with Gasteiger partial charge in [0.2, 0.25) is 0 Å². The van der Waals surface area contributed by atoms with Gasteiger partial charge in [-0.2, -0.15) is 5.10 Å². The van der Waals surface area contributed by atoms with Crippen LogP contribution in [0.15, 0.2) is 41.8 Å². The number of H-pyrrole nitrogens is 1. The molecule has 5 aromatic rings. The molecule has 1 amide bonds. The van der Waals surface area contributed by atoms with E-state index in [1.165, 1.54) is 0 Å². The summed E-state index contributed by atoms with van der Waals surface area (Å²) in [6.45, 7) is 5.98. The van der Waals surface area contributed by atoms with Gasteiger partial charge in [-0.25, -0.2) is 9.97 Å². The molecule has 2 aromatic carbocycles. The Hall–Kier alpha value is -3.30. The lowest BCUT2D eigenvalue weighted by Crippen LogP contribution is -2.20. The van der Waals surface area contributed by atoms with E-state index in [4.69, 9.17) is 4.74 Å². The highest BCUT2D eigenvalue weighted by Crippen LogP contribution is 2.38. The fourth-order valence-corrected chi connectivity index (χ4v) is 5.31. The minimum atomic E-state index is -0.249. The maximum Gasteiger partial charge on any atom is 0.262 e. The largest absolute Gasteiger partial charge is 0.483 e. The van der Waals surface area contributed by atoms with E-state index >= 15 is 0 Å². The summed E-state index contributed by atoms with van der Waals surface area (Å²) in [4.78, 5) is 21.9. The first-order valence-electron chi connectivity index (χ1n) is 10.2. The van der Waals surface area contributed by atoms with E-state index in [0.717, 1.165) is 36.7 Å². The second kappa shape index (κ2) is 8.33. The summed E-state index contributed by atoms with van der Waals surface area (Å²) < 4.78 is 8.09. The molecule has 0 saturated carbocycles. The lowest BCUT2D eigenvalue weighted by molar-refractivity contribution is -0.118. The molecule has 0 spiro atoms. The number of thiophene rings is 1. The molecule has 2 N–H and O–H groups in total. The number of fused-ring (bicyclic) bond motifs is 3. The highest BCUT2D eigenvalue weighted by molar-refractivity contribution is 7.21. The van der Waals surface area contributed by atoms with Crippen molar-refractivity contribution in [3.63, 3.8) is 0 Å². The fraction of sp³-hybridized carbons (Fsp3) is 0.217. The number of aromatic nitrogens is 4. The van der Waals surface area contributed by atoms with E-state index in [0.29, 0.717) is 17.3 Å². The van der Waals surface area contributed by atoms with Crippen LogP contribution in [0.4, 0.5) is 5.69 Å². The Morgan fingerprint density at radius 3 is 2.88 bits per heavy atom. The van der Waals surface area contributed by atoms with E-state index in [-0.39, 0.29) is 18.4 Å². The molecule has 9 heteroatoms. The summed E-state index contributed by atoms with van der Waals surface area (Å²) in [5.74, 6) is 2.03. The number of aromatic amines is 1. The third-order valence-corrected chi connectivity index (χ3v) is 6.86. The normalized spacial score (nSPS) is 11.5. The van der Waals surface area contributed by atoms with Crippen LogP contribution in [0.3, 0.4) is 0 Å². The second-order valence-electron chi connectivity index (χ2n) is 7.70. The number of aryl methyl sites for hydroxylation is 1. The van der Waals surface area contributed by atoms with E-state index in [1.807, 2.05) is 62.5 Å². The van der Waals surface area contributed by atoms with Crippen LogP contribution in [0.2, 0.25) is 0 Å². The Balaban J connectivity index is 1.35. The molecule has 0 aliphatic heterocycles. The molecule has 0 aliphatic rings. The number of carbonyl (C=O) groups excluding carboxylic acids is 1. The second-order valence-corrected chi connectivity index (χ2v) is 9.85. The Bertz CT molecular complexity index is 1430. The number of hydrogen-bond donors (Lipinski definition) is 2. The van der Waals surface area contributed by atoms with Crippen LogP contribution >= 0.6 is 22.7 Å². The maximum absolute atomic E-state index is 12.7. The summed E-state index contributed by atoms with van der Waals surface area (Å²) in [6.07, 6.45) is 0. The molecule has 3 heterocycles. The zero-order chi connectivity index (χ0) is 22.2. The fourth-order valence-electron chi connectivity index (χ4n) is 3.48. The number of ether oxygens (including phenoxy) is 1. The molecule has 32 heavy (non-hydrogen) atoms. The van der Waals surface area contributed by atoms with Crippen LogP contribution in [0.25, 0.3) is 31.7 Å². The predicted octanol–water partition coefficient (Wildman–Crippen LogP) is 5.75. The van der Waals surface area contributed by atoms with E-state index in [1.54, 1.807) is 22.7 Å². The van der Waals surface area contributed by atoms with Gasteiger partial charge < -0.3 is 10.1 Å². The van der Waals surface area contributed by atoms with Crippen molar-refractivity contribution < 1.29 is 9.53 Å². The maximum atomic E-state index is 12.7. The third kappa shape index (κ3) is 3.85. The zero-order valence-electron chi connectivity index (χ0n) is 17.8. The molecule has 3 aromatic heterocycles. The van der Waals surface area contributed by atoms with Gasteiger partial charge in [0.05, 0.1) is 25.6 Å². The molecular formula is C23H21N5O2S2. The highest BCUT2D eigenvalue weighted by Gasteiger charge is 2.16. The van der Waals surface area contributed by atoms with Crippen LogP contribution < -0.4 is 10.1 Å². The first-order chi connectivity index (χ1) is 15.5. The number of hydrogen-bond acceptors (Lipinski definition) is 7. The number of para-hydroxylation sites is 1. The van der Waals surface area contributed by atoms with Crippen molar-refractivity contribution in [1.82, 2.24) is 20.2 Å². The van der Waals surface area contributed by atoms with Crippen LogP contribution in [0, 0.1) is 6.92 Å². The van der Waals surface area contributed by atoms with E-state index in [2.05, 4.69) is 25.5 Å². The summed E-state index contributed by atoms with van der Waals surface area (Å²) in [6, 6.07) is 11.5. The van der Waals surface area contributed by atoms with Crippen molar-refractivity contribution in [1.29, 1.82) is 0 Å². The van der Waals surface area contributed by atoms with E-state index < -0.39 is 0 Å². The standard InChI is InChI=1S/C23H21N5O2S2/c1-12(2)22-26-23(28-27-22)14-6-4-5-7-16(14)25-19(29)11-30-17-10-18-20(24-13(3)32-18)21-15(17)8-9-31-21/h4-10,12H,11H2,1-3H3,(H,25,29)(H,26,27,28). The van der Waals surface area contributed by atoms with E-state index in [9.17, 15) is 4.79 Å². The topological polar surface area (TPSA) is 92.8 Å². The summed E-state index contributed by atoms with van der Waals surface area (Å²) in [7, 11) is 0. The summed E-state index contributed by atoms with van der Waals surface area (Å²) in [5, 5.41) is 14.2. The van der Waals surface area contributed by atoms with Gasteiger partial charge in [-0.15, -0.1) is 22.7 Å². The SMILES string of the molecule is Cc1nc2c(cc(OCC(=O)Nc3ccccc3-c3n[nH]c(C(C)C)n3)c3ccsc32)s1. The molecule has 162 valence electrons. The zero-order valence-corrected chi connectivity index (χ0v) is 19.4. The Morgan fingerprint density at radius 2 is 2.06 bits per heavy atom. The van der Waals surface area contributed by atoms with Crippen molar-refractivity contribution in [2.75, 3.05) is 11.9 Å². The summed E-state index contributed by atoms with van der Waals surface area (Å²) in [5.41, 5.74) is 2.39. The first kappa shape index (κ1) is 20.6. The van der Waals surface area contributed by atoms with Crippen molar-refractivity contribution in [2.45, 2.75) is 26.7 Å². The molecule has 7 nitrogen and oxygen atoms in total. The van der Waals surface area contributed by atoms with Gasteiger partial charge in [-0.05, 0) is 30.5 Å². The van der Waals surface area contributed by atoms with Gasteiger partial charge >= 0.3 is 0 Å². The van der Waals surface area contributed by atoms with Crippen molar-refractivity contribution in [2.24, 2.45) is 0 Å². The number of anilines is 1. The lowest BCUT2D eigenvalue weighted by Gasteiger charge is -2.11. The van der Waals surface area contributed by atoms with Crippen LogP contribution in [-0.2, 0) is 4.79 Å². The number of nitrogens with one attached hydrogen (secondary N) is 2. The number of thiazole rings is 1. The number of carbonyl (C=O) groups is 1. The Kier molecular flexibility index (Phi) is 5.36. The third-order valence-electron chi connectivity index (χ3n) is 5.02. The molecule has 0 fully saturated rings. The van der Waals surface area contributed by atoms with Crippen LogP contribution in [0.5, 0.6) is 5.75 Å². The number of benzene rings is 2. The molecule has 0 unspecified atom stereocenters. The molecule has 5 rings (SSSR count). The minimum absolute atomic E-state index is 0.103. The number of amides is 1. The van der Waals surface area contributed by atoms with Gasteiger partial charge in [0, 0.05) is 22.9 Å². The van der Waals surface area contributed by atoms with Gasteiger partial charge in [0.15, 0.2) is 12.4 Å². The Labute approximate surface area is 192 Å². The molecular weight excluding hydrogens is 442 g/mol. The first-order valence-corrected chi connectivity index (χ1v) is 11.9. The quantitative estimate of drug-likeness (QED) is 0.335. The average Bonchev–Trinajstić information content (AvgIpc) is 3.51. The van der Waals surface area contributed by atoms with Crippen molar-refractivity contribution in [3.8, 4) is 17.1 Å². The van der Waals surface area contributed by atoms with Crippen LogP contribution in [-0.4, -0.2) is 32.7 Å². The van der Waals surface area contributed by atoms with Crippen LogP contribution in [0.1, 0.15) is 30.6 Å². The van der Waals surface area contributed by atoms with Gasteiger partial charge in [-0.1, -0.05) is 26.0 Å². The highest BCUT2D eigenvalue weighted by atomic mass is 32.1. The smallest absolute Gasteiger partial charge is 0.262 e. The molecule has 0 aliphatic carbocycles. The molecule has 0 radical (unpaired) electrons. The van der Waals surface area contributed by atoms with Gasteiger partial charge in [0.25, 0.3) is 5.91 Å². The molecule has 0 bridgehead atoms. The average molecular weight is 464 g/mol. The summed E-state index contributed by atoms with van der Waals surface area (Å²) >= 11 is 3.25. The molecule has 0 atom stereocenters. The van der Waals surface area contributed by atoms with Gasteiger partial charge in [-0.3, -0.25) is 9.89 Å². The molecule has 0 saturated heterocycles. The monoisotopic (exact) mass is 463 g/mol. The minimum Gasteiger partial charge on any atom is -0.483 e. The number of rotatable bonds is 6. The van der Waals surface area contributed by atoms with Gasteiger partial charge in [0.1, 0.15) is 11.6 Å². The lowest BCUT2D eigenvalue weighted by atomic mass is 10.1. The number of nitrogens with zero attached hydrogens (tertiary/aromatic N) is 3. The van der Waals surface area contributed by atoms with Crippen molar-refractivity contribution >= 4 is 54.6 Å². The Morgan fingerprint density at radius 1 is 1.22 bits per heavy atom. The predicted molar refractivity (Wildman–Crippen MR) is 130 cm³/mol. The van der Waals surface area contributed by atoms with Crippen molar-refractivity contribution in [3.05, 3.63) is 52.6 Å².